The lowest BCUT2D eigenvalue weighted by Crippen LogP contribution is -2.33. The number of nitriles is 1. The van der Waals surface area contributed by atoms with Crippen molar-refractivity contribution >= 4 is 17.7 Å². The van der Waals surface area contributed by atoms with Crippen molar-refractivity contribution in [3.05, 3.63) is 29.3 Å². The van der Waals surface area contributed by atoms with Crippen molar-refractivity contribution in [2.45, 2.75) is 31.8 Å². The van der Waals surface area contributed by atoms with Crippen LogP contribution in [0, 0.1) is 40.7 Å². The first-order valence-electron chi connectivity index (χ1n) is 9.00. The van der Waals surface area contributed by atoms with Crippen LogP contribution in [0.4, 0.5) is 19.3 Å². The zero-order chi connectivity index (χ0) is 19.3. The largest absolute Gasteiger partial charge is 0.442 e. The molecule has 3 aliphatic rings. The minimum Gasteiger partial charge on any atom is -0.442 e. The molecule has 0 unspecified atom stereocenters. The molecule has 0 spiro atoms. The van der Waals surface area contributed by atoms with Gasteiger partial charge in [-0.15, -0.1) is 0 Å². The van der Waals surface area contributed by atoms with Gasteiger partial charge < -0.3 is 10.1 Å². The van der Waals surface area contributed by atoms with E-state index in [4.69, 9.17) is 10.00 Å². The lowest BCUT2D eigenvalue weighted by molar-refractivity contribution is -0.119. The second-order valence-electron chi connectivity index (χ2n) is 7.53. The number of anilines is 1. The molecule has 1 aromatic carbocycles. The Labute approximate surface area is 155 Å². The third kappa shape index (κ3) is 3.11. The van der Waals surface area contributed by atoms with Gasteiger partial charge in [-0.3, -0.25) is 9.69 Å². The van der Waals surface area contributed by atoms with Gasteiger partial charge in [0.25, 0.3) is 0 Å². The van der Waals surface area contributed by atoms with Crippen LogP contribution in [0.15, 0.2) is 12.1 Å². The number of fused-ring (bicyclic) bond motifs is 1. The molecule has 2 amide bonds. The van der Waals surface area contributed by atoms with Gasteiger partial charge in [-0.25, -0.2) is 13.6 Å². The maximum Gasteiger partial charge on any atom is 0.414 e. The number of halogens is 2. The summed E-state index contributed by atoms with van der Waals surface area (Å²) in [5, 5.41) is 11.5. The number of hydrogen-bond donors (Lipinski definition) is 1. The minimum atomic E-state index is -0.698. The summed E-state index contributed by atoms with van der Waals surface area (Å²) in [7, 11) is 0. The lowest BCUT2D eigenvalue weighted by Gasteiger charge is -2.19. The first-order chi connectivity index (χ1) is 12.9. The van der Waals surface area contributed by atoms with E-state index in [1.54, 1.807) is 0 Å². The Morgan fingerprint density at radius 3 is 2.52 bits per heavy atom. The van der Waals surface area contributed by atoms with Crippen LogP contribution in [-0.2, 0) is 9.53 Å². The van der Waals surface area contributed by atoms with E-state index in [9.17, 15) is 18.4 Å². The molecule has 3 fully saturated rings. The maximum atomic E-state index is 14.7. The van der Waals surface area contributed by atoms with Crippen molar-refractivity contribution in [2.75, 3.05) is 18.0 Å². The molecular weight excluding hydrogens is 356 g/mol. The van der Waals surface area contributed by atoms with E-state index >= 15 is 0 Å². The summed E-state index contributed by atoms with van der Waals surface area (Å²) in [5.41, 5.74) is 0.145. The topological polar surface area (TPSA) is 82.4 Å². The molecule has 0 radical (unpaired) electrons. The SMILES string of the molecule is CC(=O)NC[C@H]1CN(c2cc(F)c(C3C[C@@H]4C(C#N)[C@H]4C3)c(F)c2)C(=O)O1. The van der Waals surface area contributed by atoms with Crippen molar-refractivity contribution < 1.29 is 23.1 Å². The zero-order valence-electron chi connectivity index (χ0n) is 14.7. The fourth-order valence-electron chi connectivity index (χ4n) is 4.48. The van der Waals surface area contributed by atoms with Gasteiger partial charge in [0.2, 0.25) is 5.91 Å². The van der Waals surface area contributed by atoms with Crippen molar-refractivity contribution in [2.24, 2.45) is 17.8 Å². The Morgan fingerprint density at radius 1 is 1.33 bits per heavy atom. The fraction of sp³-hybridized carbons (Fsp3) is 0.526. The summed E-state index contributed by atoms with van der Waals surface area (Å²) in [5.74, 6) is -1.29. The smallest absolute Gasteiger partial charge is 0.414 e. The molecule has 27 heavy (non-hydrogen) atoms. The quantitative estimate of drug-likeness (QED) is 0.877. The van der Waals surface area contributed by atoms with E-state index in [0.29, 0.717) is 12.8 Å². The van der Waals surface area contributed by atoms with Crippen LogP contribution in [-0.4, -0.2) is 31.2 Å². The number of rotatable bonds is 4. The Balaban J connectivity index is 1.48. The van der Waals surface area contributed by atoms with Crippen LogP contribution in [0.25, 0.3) is 0 Å². The molecule has 142 valence electrons. The number of benzene rings is 1. The summed E-state index contributed by atoms with van der Waals surface area (Å²) < 4.78 is 34.5. The van der Waals surface area contributed by atoms with Crippen LogP contribution in [0.3, 0.4) is 0 Å². The van der Waals surface area contributed by atoms with E-state index in [2.05, 4.69) is 11.4 Å². The van der Waals surface area contributed by atoms with Gasteiger partial charge in [0.15, 0.2) is 0 Å². The van der Waals surface area contributed by atoms with Crippen molar-refractivity contribution in [1.29, 1.82) is 5.26 Å². The first kappa shape index (κ1) is 17.7. The van der Waals surface area contributed by atoms with Gasteiger partial charge in [0, 0.05) is 12.5 Å². The lowest BCUT2D eigenvalue weighted by atomic mass is 9.91. The summed E-state index contributed by atoms with van der Waals surface area (Å²) in [6.07, 6.45) is -0.0192. The maximum absolute atomic E-state index is 14.7. The van der Waals surface area contributed by atoms with Gasteiger partial charge in [-0.1, -0.05) is 0 Å². The molecule has 6 nitrogen and oxygen atoms in total. The average Bonchev–Trinajstić information content (AvgIpc) is 2.92. The highest BCUT2D eigenvalue weighted by Crippen LogP contribution is 2.62. The molecule has 1 saturated heterocycles. The van der Waals surface area contributed by atoms with E-state index in [-0.39, 0.29) is 53.9 Å². The summed E-state index contributed by atoms with van der Waals surface area (Å²) >= 11 is 0. The second kappa shape index (κ2) is 6.48. The molecule has 4 rings (SSSR count). The number of carbonyl (C=O) groups is 2. The normalized spacial score (nSPS) is 29.3. The van der Waals surface area contributed by atoms with Gasteiger partial charge >= 0.3 is 6.09 Å². The van der Waals surface area contributed by atoms with E-state index in [1.165, 1.54) is 11.8 Å². The molecule has 8 heteroatoms. The molecule has 2 aliphatic carbocycles. The number of carbonyl (C=O) groups excluding carboxylic acids is 2. The third-order valence-corrected chi connectivity index (χ3v) is 5.83. The molecule has 1 aromatic rings. The van der Waals surface area contributed by atoms with Crippen LogP contribution < -0.4 is 10.2 Å². The van der Waals surface area contributed by atoms with Gasteiger partial charge in [0.1, 0.15) is 17.7 Å². The molecule has 1 aliphatic heterocycles. The summed E-state index contributed by atoms with van der Waals surface area (Å²) in [6, 6.07) is 4.56. The Bertz CT molecular complexity index is 818. The Morgan fingerprint density at radius 2 is 1.96 bits per heavy atom. The molecule has 2 saturated carbocycles. The molecule has 3 atom stereocenters. The molecule has 0 bridgehead atoms. The number of ether oxygens (including phenoxy) is 1. The molecule has 0 aromatic heterocycles. The van der Waals surface area contributed by atoms with Crippen molar-refractivity contribution in [1.82, 2.24) is 5.32 Å². The van der Waals surface area contributed by atoms with Gasteiger partial charge in [-0.05, 0) is 42.7 Å². The number of nitrogens with zero attached hydrogens (tertiary/aromatic N) is 2. The van der Waals surface area contributed by atoms with Crippen LogP contribution >= 0.6 is 0 Å². The summed E-state index contributed by atoms with van der Waals surface area (Å²) in [4.78, 5) is 24.2. The summed E-state index contributed by atoms with van der Waals surface area (Å²) in [6.45, 7) is 1.60. The molecular formula is C19H19F2N3O3. The second-order valence-corrected chi connectivity index (χ2v) is 7.53. The Hall–Kier alpha value is -2.69. The van der Waals surface area contributed by atoms with Crippen molar-refractivity contribution in [3.8, 4) is 6.07 Å². The predicted molar refractivity (Wildman–Crippen MR) is 90.7 cm³/mol. The zero-order valence-corrected chi connectivity index (χ0v) is 14.7. The third-order valence-electron chi connectivity index (χ3n) is 5.83. The van der Waals surface area contributed by atoms with Gasteiger partial charge in [0.05, 0.1) is 30.8 Å². The van der Waals surface area contributed by atoms with Gasteiger partial charge in [-0.2, -0.15) is 5.26 Å². The van der Waals surface area contributed by atoms with E-state index in [1.807, 2.05) is 0 Å². The number of cyclic esters (lactones) is 1. The van der Waals surface area contributed by atoms with Crippen LogP contribution in [0.1, 0.15) is 31.2 Å². The molecule has 1 heterocycles. The highest BCUT2D eigenvalue weighted by atomic mass is 19.1. The van der Waals surface area contributed by atoms with Crippen LogP contribution in [0.5, 0.6) is 0 Å². The minimum absolute atomic E-state index is 0.0339. The number of nitrogens with one attached hydrogen (secondary N) is 1. The highest BCUT2D eigenvalue weighted by Gasteiger charge is 2.57. The van der Waals surface area contributed by atoms with Crippen molar-refractivity contribution in [3.63, 3.8) is 0 Å². The van der Waals surface area contributed by atoms with E-state index < -0.39 is 23.8 Å². The highest BCUT2D eigenvalue weighted by molar-refractivity contribution is 5.89. The first-order valence-corrected chi connectivity index (χ1v) is 9.00. The van der Waals surface area contributed by atoms with E-state index in [0.717, 1.165) is 12.1 Å². The monoisotopic (exact) mass is 375 g/mol. The predicted octanol–water partition coefficient (Wildman–Crippen LogP) is 2.69. The number of hydrogen-bond acceptors (Lipinski definition) is 4. The van der Waals surface area contributed by atoms with Crippen LogP contribution in [0.2, 0.25) is 0 Å². The standard InChI is InChI=1S/C19H19F2N3O3/c1-9(25)23-7-12-8-24(19(26)27-12)11-4-16(20)18(17(21)5-11)10-2-13-14(3-10)15(13)6-22/h4-5,10,12-15H,2-3,7-8H2,1H3,(H,23,25)/t10?,12-,13-,14-,15?/m0/s1. The average molecular weight is 375 g/mol. The Kier molecular flexibility index (Phi) is 4.25. The molecule has 1 N–H and O–H groups in total. The fourth-order valence-corrected chi connectivity index (χ4v) is 4.48. The number of amides is 2.